The number of likely N-dealkylation sites (tertiary alicyclic amines) is 1. The Morgan fingerprint density at radius 2 is 2.10 bits per heavy atom. The average Bonchev–Trinajstić information content (AvgIpc) is 2.84. The van der Waals surface area contributed by atoms with Crippen LogP contribution in [-0.2, 0) is 6.54 Å². The van der Waals surface area contributed by atoms with Crippen LogP contribution in [-0.4, -0.2) is 24.2 Å². The third-order valence-electron chi connectivity index (χ3n) is 4.05. The predicted molar refractivity (Wildman–Crippen MR) is 89.1 cm³/mol. The maximum Gasteiger partial charge on any atom is 0.114 e. The monoisotopic (exact) mass is 347 g/mol. The first-order valence-corrected chi connectivity index (χ1v) is 8.13. The molecule has 1 aliphatic heterocycles. The van der Waals surface area contributed by atoms with Crippen molar-refractivity contribution in [3.05, 3.63) is 58.1 Å². The Morgan fingerprint density at radius 1 is 1.24 bits per heavy atom. The molecule has 3 heteroatoms. The molecule has 1 unspecified atom stereocenters. The van der Waals surface area contributed by atoms with E-state index in [1.165, 1.54) is 22.3 Å². The van der Waals surface area contributed by atoms with Crippen molar-refractivity contribution in [2.24, 2.45) is 0 Å². The van der Waals surface area contributed by atoms with Gasteiger partial charge >= 0.3 is 0 Å². The van der Waals surface area contributed by atoms with Crippen LogP contribution in [0.15, 0.2) is 46.9 Å². The van der Waals surface area contributed by atoms with Gasteiger partial charge in [-0.1, -0.05) is 46.3 Å². The second-order valence-electron chi connectivity index (χ2n) is 5.78. The van der Waals surface area contributed by atoms with Gasteiger partial charge in [-0.25, -0.2) is 4.39 Å². The van der Waals surface area contributed by atoms with Crippen molar-refractivity contribution in [2.45, 2.75) is 26.1 Å². The van der Waals surface area contributed by atoms with Gasteiger partial charge in [0.25, 0.3) is 0 Å². The predicted octanol–water partition coefficient (Wildman–Crippen LogP) is 4.97. The molecule has 0 radical (unpaired) electrons. The number of benzene rings is 2. The number of aryl methyl sites for hydroxylation is 1. The highest BCUT2D eigenvalue weighted by atomic mass is 79.9. The summed E-state index contributed by atoms with van der Waals surface area (Å²) in [7, 11) is 0. The van der Waals surface area contributed by atoms with Crippen LogP contribution in [0.1, 0.15) is 17.5 Å². The molecule has 2 aromatic rings. The van der Waals surface area contributed by atoms with Gasteiger partial charge < -0.3 is 0 Å². The van der Waals surface area contributed by atoms with Crippen molar-refractivity contribution in [1.82, 2.24) is 4.90 Å². The minimum absolute atomic E-state index is 0.576. The minimum atomic E-state index is -0.646. The van der Waals surface area contributed by atoms with Crippen molar-refractivity contribution in [3.63, 3.8) is 0 Å². The molecule has 1 aliphatic rings. The first-order chi connectivity index (χ1) is 10.1. The van der Waals surface area contributed by atoms with E-state index < -0.39 is 6.17 Å². The van der Waals surface area contributed by atoms with E-state index >= 15 is 0 Å². The Hall–Kier alpha value is -1.19. The number of rotatable bonds is 3. The van der Waals surface area contributed by atoms with Gasteiger partial charge in [0.1, 0.15) is 6.17 Å². The van der Waals surface area contributed by atoms with Crippen molar-refractivity contribution >= 4 is 15.9 Å². The molecule has 1 heterocycles. The lowest BCUT2D eigenvalue weighted by atomic mass is 9.98. The Kier molecular flexibility index (Phi) is 4.41. The Bertz CT molecular complexity index is 641. The molecule has 1 atom stereocenters. The highest BCUT2D eigenvalue weighted by molar-refractivity contribution is 9.10. The van der Waals surface area contributed by atoms with Gasteiger partial charge in [0, 0.05) is 24.1 Å². The normalized spacial score (nSPS) is 19.1. The van der Waals surface area contributed by atoms with Crippen molar-refractivity contribution < 1.29 is 4.39 Å². The largest absolute Gasteiger partial charge is 0.296 e. The van der Waals surface area contributed by atoms with Crippen LogP contribution >= 0.6 is 15.9 Å². The van der Waals surface area contributed by atoms with E-state index in [1.807, 2.05) is 6.07 Å². The number of hydrogen-bond donors (Lipinski definition) is 0. The highest BCUT2D eigenvalue weighted by Crippen LogP contribution is 2.27. The van der Waals surface area contributed by atoms with Gasteiger partial charge in [-0.3, -0.25) is 4.90 Å². The standard InChI is InChI=1S/C18H19BrFN/c1-13-9-14(11-21-8-7-17(20)12-21)5-6-18(13)15-3-2-4-16(19)10-15/h2-6,9-10,17H,7-8,11-12H2,1H3. The smallest absolute Gasteiger partial charge is 0.114 e. The fraction of sp³-hybridized carbons (Fsp3) is 0.333. The molecule has 0 aromatic heterocycles. The van der Waals surface area contributed by atoms with E-state index in [-0.39, 0.29) is 0 Å². The molecular formula is C18H19BrFN. The molecule has 110 valence electrons. The summed E-state index contributed by atoms with van der Waals surface area (Å²) in [6, 6.07) is 14.9. The van der Waals surface area contributed by atoms with Gasteiger partial charge in [-0.05, 0) is 47.7 Å². The van der Waals surface area contributed by atoms with Crippen LogP contribution in [0.4, 0.5) is 4.39 Å². The molecule has 1 nitrogen and oxygen atoms in total. The third kappa shape index (κ3) is 3.53. The zero-order valence-corrected chi connectivity index (χ0v) is 13.7. The van der Waals surface area contributed by atoms with Gasteiger partial charge in [-0.15, -0.1) is 0 Å². The van der Waals surface area contributed by atoms with Gasteiger partial charge in [-0.2, -0.15) is 0 Å². The topological polar surface area (TPSA) is 3.24 Å². The van der Waals surface area contributed by atoms with Crippen LogP contribution in [0.25, 0.3) is 11.1 Å². The number of alkyl halides is 1. The van der Waals surface area contributed by atoms with Gasteiger partial charge in [0.2, 0.25) is 0 Å². The summed E-state index contributed by atoms with van der Waals surface area (Å²) in [4.78, 5) is 2.19. The number of hydrogen-bond acceptors (Lipinski definition) is 1. The number of nitrogens with zero attached hydrogens (tertiary/aromatic N) is 1. The maximum absolute atomic E-state index is 13.2. The fourth-order valence-electron chi connectivity index (χ4n) is 2.99. The van der Waals surface area contributed by atoms with E-state index in [9.17, 15) is 4.39 Å². The molecule has 0 aliphatic carbocycles. The molecule has 0 spiro atoms. The van der Waals surface area contributed by atoms with Crippen molar-refractivity contribution in [1.29, 1.82) is 0 Å². The Balaban J connectivity index is 1.80. The molecule has 1 fully saturated rings. The van der Waals surface area contributed by atoms with Gasteiger partial charge in [0.15, 0.2) is 0 Å². The van der Waals surface area contributed by atoms with Crippen LogP contribution in [0, 0.1) is 6.92 Å². The fourth-order valence-corrected chi connectivity index (χ4v) is 3.39. The zero-order valence-electron chi connectivity index (χ0n) is 12.2. The zero-order chi connectivity index (χ0) is 14.8. The second-order valence-corrected chi connectivity index (χ2v) is 6.70. The minimum Gasteiger partial charge on any atom is -0.296 e. The van der Waals surface area contributed by atoms with Crippen LogP contribution in [0.3, 0.4) is 0 Å². The molecular weight excluding hydrogens is 329 g/mol. The lowest BCUT2D eigenvalue weighted by molar-refractivity contribution is 0.282. The summed E-state index contributed by atoms with van der Waals surface area (Å²) in [5.74, 6) is 0. The SMILES string of the molecule is Cc1cc(CN2CCC(F)C2)ccc1-c1cccc(Br)c1. The summed E-state index contributed by atoms with van der Waals surface area (Å²) >= 11 is 3.52. The van der Waals surface area contributed by atoms with Crippen LogP contribution < -0.4 is 0 Å². The van der Waals surface area contributed by atoms with E-state index in [0.29, 0.717) is 13.0 Å². The van der Waals surface area contributed by atoms with Crippen LogP contribution in [0.5, 0.6) is 0 Å². The van der Waals surface area contributed by atoms with Gasteiger partial charge in [0.05, 0.1) is 0 Å². The molecule has 3 rings (SSSR count). The maximum atomic E-state index is 13.2. The Morgan fingerprint density at radius 3 is 2.76 bits per heavy atom. The lowest BCUT2D eigenvalue weighted by Gasteiger charge is -2.16. The van der Waals surface area contributed by atoms with E-state index in [1.54, 1.807) is 0 Å². The molecule has 0 bridgehead atoms. The summed E-state index contributed by atoms with van der Waals surface area (Å²) in [6.45, 7) is 4.43. The van der Waals surface area contributed by atoms with E-state index in [2.05, 4.69) is 64.2 Å². The quantitative estimate of drug-likeness (QED) is 0.757. The highest BCUT2D eigenvalue weighted by Gasteiger charge is 2.21. The first kappa shape index (κ1) is 14.7. The third-order valence-corrected chi connectivity index (χ3v) is 4.54. The second kappa shape index (κ2) is 6.29. The summed E-state index contributed by atoms with van der Waals surface area (Å²) in [5.41, 5.74) is 5.00. The van der Waals surface area contributed by atoms with E-state index in [4.69, 9.17) is 0 Å². The molecule has 0 N–H and O–H groups in total. The van der Waals surface area contributed by atoms with Crippen molar-refractivity contribution in [2.75, 3.05) is 13.1 Å². The Labute approximate surface area is 133 Å². The molecule has 2 aromatic carbocycles. The molecule has 21 heavy (non-hydrogen) atoms. The molecule has 1 saturated heterocycles. The molecule has 0 amide bonds. The van der Waals surface area contributed by atoms with Crippen molar-refractivity contribution in [3.8, 4) is 11.1 Å². The summed E-state index contributed by atoms with van der Waals surface area (Å²) in [6.07, 6.45) is 0.0294. The first-order valence-electron chi connectivity index (χ1n) is 7.34. The lowest BCUT2D eigenvalue weighted by Crippen LogP contribution is -2.20. The van der Waals surface area contributed by atoms with E-state index in [0.717, 1.165) is 17.6 Å². The molecule has 0 saturated carbocycles. The number of halogens is 2. The van der Waals surface area contributed by atoms with Crippen LogP contribution in [0.2, 0.25) is 0 Å². The summed E-state index contributed by atoms with van der Waals surface area (Å²) in [5, 5.41) is 0. The average molecular weight is 348 g/mol. The summed E-state index contributed by atoms with van der Waals surface area (Å²) < 4.78 is 14.3.